The molecule has 0 saturated heterocycles. The molecule has 0 N–H and O–H groups in total. The Labute approximate surface area is 259 Å². The number of rotatable bonds is 16. The third-order valence-corrected chi connectivity index (χ3v) is 29.8. The first-order valence-electron chi connectivity index (χ1n) is 16.1. The first-order chi connectivity index (χ1) is 18.1. The number of unbranched alkanes of at least 4 members (excludes halogenated alkanes) is 3. The van der Waals surface area contributed by atoms with Gasteiger partial charge in [0.05, 0.1) is 0 Å². The van der Waals surface area contributed by atoms with E-state index < -0.39 is 36.8 Å². The van der Waals surface area contributed by atoms with Crippen molar-refractivity contribution in [2.24, 2.45) is 17.8 Å². The van der Waals surface area contributed by atoms with Gasteiger partial charge < -0.3 is 0 Å². The van der Waals surface area contributed by atoms with Crippen LogP contribution in [0.3, 0.4) is 0 Å². The molecule has 0 fully saturated rings. The van der Waals surface area contributed by atoms with E-state index in [1.165, 1.54) is 81.3 Å². The normalized spacial score (nSPS) is 18.4. The van der Waals surface area contributed by atoms with E-state index in [1.807, 2.05) is 0 Å². The topological polar surface area (TPSA) is 9.23 Å². The first-order valence-corrected chi connectivity index (χ1v) is 37.7. The first kappa shape index (κ1) is 34.3. The van der Waals surface area contributed by atoms with Gasteiger partial charge in [-0.25, -0.2) is 0 Å². The molecule has 2 aromatic heterocycles. The van der Waals surface area contributed by atoms with Crippen molar-refractivity contribution in [1.29, 1.82) is 0 Å². The Bertz CT molecular complexity index is 1040. The summed E-state index contributed by atoms with van der Waals surface area (Å²) in [5.41, 5.74) is 1.44. The molecule has 2 aromatic rings. The van der Waals surface area contributed by atoms with Gasteiger partial charge in [0.1, 0.15) is 0 Å². The van der Waals surface area contributed by atoms with E-state index in [0.29, 0.717) is 0 Å². The maximum absolute atomic E-state index is 7.36. The van der Waals surface area contributed by atoms with Gasteiger partial charge in [0, 0.05) is 0 Å². The molecule has 3 heterocycles. The van der Waals surface area contributed by atoms with Crippen LogP contribution in [0.4, 0.5) is 0 Å². The zero-order chi connectivity index (χ0) is 29.0. The Hall–Kier alpha value is 0.797. The molecule has 1 nitrogen and oxygen atoms in total. The summed E-state index contributed by atoms with van der Waals surface area (Å²) in [6, 6.07) is 5.17. The Balaban J connectivity index is 1.94. The van der Waals surface area contributed by atoms with Crippen molar-refractivity contribution in [1.82, 2.24) is 0 Å². The van der Waals surface area contributed by atoms with Crippen molar-refractivity contribution in [3.63, 3.8) is 0 Å². The molecular weight excluding hydrogens is 726 g/mol. The maximum atomic E-state index is 7.36. The van der Waals surface area contributed by atoms with Crippen LogP contribution in [0.5, 0.6) is 5.75 Å². The van der Waals surface area contributed by atoms with Crippen LogP contribution in [0.1, 0.15) is 111 Å². The molecule has 1 aliphatic heterocycles. The molecule has 3 rings (SSSR count). The average Bonchev–Trinajstić information content (AvgIpc) is 3.44. The summed E-state index contributed by atoms with van der Waals surface area (Å²) in [6.07, 6.45) is 14.5. The van der Waals surface area contributed by atoms with Crippen LogP contribution in [0, 0.1) is 17.8 Å². The Kier molecular flexibility index (Phi) is 12.8. The zero-order valence-corrected chi connectivity index (χ0v) is 34.7. The Morgan fingerprint density at radius 1 is 0.641 bits per heavy atom. The molecule has 0 aromatic carbocycles. The van der Waals surface area contributed by atoms with Crippen LogP contribution in [0.15, 0.2) is 12.1 Å². The number of ether oxygens (including phenoxy) is 1. The molecule has 0 amide bonds. The van der Waals surface area contributed by atoms with Crippen LogP contribution in [-0.2, 0) is 5.60 Å². The molecule has 222 valence electrons. The van der Waals surface area contributed by atoms with Gasteiger partial charge in [-0.3, -0.25) is 0 Å². The number of hydrogen-bond donors (Lipinski definition) is 0. The monoisotopic (exact) mass is 788 g/mol. The van der Waals surface area contributed by atoms with Crippen LogP contribution < -0.4 is 10.5 Å². The number of hydrogen-bond acceptors (Lipinski definition) is 3. The van der Waals surface area contributed by atoms with Gasteiger partial charge in [-0.2, -0.15) is 0 Å². The summed E-state index contributed by atoms with van der Waals surface area (Å²) in [6.45, 7) is 11.9. The molecule has 0 aliphatic carbocycles. The molecule has 0 radical (unpaired) electrons. The summed E-state index contributed by atoms with van der Waals surface area (Å²) in [5, 5.41) is 0. The molecule has 39 heavy (non-hydrogen) atoms. The van der Waals surface area contributed by atoms with E-state index in [9.17, 15) is 0 Å². The molecular formula is C34H60OS2Sn2. The van der Waals surface area contributed by atoms with Crippen molar-refractivity contribution in [2.45, 2.75) is 140 Å². The van der Waals surface area contributed by atoms with Gasteiger partial charge in [0.2, 0.25) is 0 Å². The van der Waals surface area contributed by atoms with Crippen molar-refractivity contribution >= 4 is 65.2 Å². The molecule has 0 saturated carbocycles. The zero-order valence-electron chi connectivity index (χ0n) is 27.4. The van der Waals surface area contributed by atoms with E-state index in [0.717, 1.165) is 17.8 Å². The van der Waals surface area contributed by atoms with Crippen molar-refractivity contribution in [2.75, 3.05) is 0 Å². The van der Waals surface area contributed by atoms with E-state index in [2.05, 4.69) is 99.1 Å². The Morgan fingerprint density at radius 3 is 1.82 bits per heavy atom. The molecule has 2 unspecified atom stereocenters. The molecule has 2 atom stereocenters. The predicted octanol–water partition coefficient (Wildman–Crippen LogP) is 11.4. The summed E-state index contributed by atoms with van der Waals surface area (Å²) >= 11 is -0.170. The molecule has 5 heteroatoms. The van der Waals surface area contributed by atoms with E-state index in [4.69, 9.17) is 4.74 Å². The van der Waals surface area contributed by atoms with Crippen LogP contribution >= 0.6 is 22.7 Å². The second-order valence-electron chi connectivity index (χ2n) is 15.6. The fourth-order valence-corrected chi connectivity index (χ4v) is 18.7. The van der Waals surface area contributed by atoms with Crippen molar-refractivity contribution in [3.05, 3.63) is 17.7 Å². The van der Waals surface area contributed by atoms with E-state index in [-0.39, 0.29) is 5.60 Å². The third-order valence-electron chi connectivity index (χ3n) is 8.54. The fraction of sp³-hybridized carbons (Fsp3) is 0.765. The standard InChI is InChI=1S/C28H42OS2.6CH3.2Sn/c1-21(2)11-8-6-7-9-17-28(18-14-23(5)13-10-12-22(3)4)24-15-19-30-26(24)27-25(29-28)16-20-31-27;;;;;;;;/h15-16,21-23H,6-14,17-18H2,1-5H3;6*1H3;;. The Morgan fingerprint density at radius 2 is 1.21 bits per heavy atom. The van der Waals surface area contributed by atoms with E-state index >= 15 is 0 Å². The SMILES string of the molecule is CC(C)CCCCCCC1(CCC(C)CCCC(C)C)Oc2c[c]([Sn]([CH3])([CH3])[CH3])sc2-c2s[c]([Sn]([CH3])([CH3])[CH3])cc21. The fourth-order valence-electron chi connectivity index (χ4n) is 5.82. The van der Waals surface area contributed by atoms with Gasteiger partial charge >= 0.3 is 261 Å². The second kappa shape index (κ2) is 14.5. The average molecular weight is 786 g/mol. The molecule has 0 bridgehead atoms. The summed E-state index contributed by atoms with van der Waals surface area (Å²) in [5.74, 6) is 3.64. The minimum atomic E-state index is -2.22. The number of thiophene rings is 2. The molecule has 0 spiro atoms. The van der Waals surface area contributed by atoms with Gasteiger partial charge in [-0.05, 0) is 0 Å². The van der Waals surface area contributed by atoms with Crippen LogP contribution in [0.25, 0.3) is 9.75 Å². The van der Waals surface area contributed by atoms with Gasteiger partial charge in [-0.1, -0.05) is 0 Å². The summed E-state index contributed by atoms with van der Waals surface area (Å²) in [4.78, 5) is 18.5. The van der Waals surface area contributed by atoms with E-state index in [1.54, 1.807) is 16.2 Å². The quantitative estimate of drug-likeness (QED) is 0.122. The van der Waals surface area contributed by atoms with Crippen LogP contribution in [0.2, 0.25) is 29.6 Å². The molecule has 1 aliphatic rings. The second-order valence-corrected chi connectivity index (χ2v) is 48.5. The predicted molar refractivity (Wildman–Crippen MR) is 186 cm³/mol. The number of fused-ring (bicyclic) bond motifs is 3. The van der Waals surface area contributed by atoms with Gasteiger partial charge in [-0.15, -0.1) is 0 Å². The third kappa shape index (κ3) is 9.65. The van der Waals surface area contributed by atoms with Gasteiger partial charge in [0.15, 0.2) is 0 Å². The van der Waals surface area contributed by atoms with Gasteiger partial charge in [0.25, 0.3) is 0 Å². The van der Waals surface area contributed by atoms with Crippen molar-refractivity contribution in [3.8, 4) is 15.5 Å². The summed E-state index contributed by atoms with van der Waals surface area (Å²) in [7, 11) is 0. The van der Waals surface area contributed by atoms with Crippen molar-refractivity contribution < 1.29 is 4.74 Å². The van der Waals surface area contributed by atoms with Crippen LogP contribution in [-0.4, -0.2) is 36.8 Å². The summed E-state index contributed by atoms with van der Waals surface area (Å²) < 4.78 is 10.8. The minimum absolute atomic E-state index is 0.135.